The highest BCUT2D eigenvalue weighted by atomic mass is 16.4. The molecule has 2 atom stereocenters. The van der Waals surface area contributed by atoms with E-state index >= 15 is 0 Å². The molecule has 2 nitrogen and oxygen atoms in total. The first kappa shape index (κ1) is 16.9. The zero-order chi connectivity index (χ0) is 14.0. The lowest BCUT2D eigenvalue weighted by Gasteiger charge is -2.11. The Bertz CT molecular complexity index is 279. The Hall–Kier alpha value is -1.05. The predicted octanol–water partition coefficient (Wildman–Crippen LogP) is 4.82. The van der Waals surface area contributed by atoms with Crippen molar-refractivity contribution in [1.82, 2.24) is 0 Å². The minimum Gasteiger partial charge on any atom is -0.481 e. The molecular formula is C16H28O2. The van der Waals surface area contributed by atoms with Crippen molar-refractivity contribution in [2.24, 2.45) is 11.8 Å². The van der Waals surface area contributed by atoms with Crippen LogP contribution in [-0.2, 0) is 4.79 Å². The predicted molar refractivity (Wildman–Crippen MR) is 77.6 cm³/mol. The fourth-order valence-corrected chi connectivity index (χ4v) is 1.97. The molecular weight excluding hydrogens is 224 g/mol. The van der Waals surface area contributed by atoms with Crippen molar-refractivity contribution in [3.63, 3.8) is 0 Å². The lowest BCUT2D eigenvalue weighted by molar-refractivity contribution is -0.141. The molecule has 0 rings (SSSR count). The van der Waals surface area contributed by atoms with Crippen LogP contribution >= 0.6 is 0 Å². The Kier molecular flexibility index (Phi) is 9.35. The van der Waals surface area contributed by atoms with Gasteiger partial charge in [0, 0.05) is 0 Å². The summed E-state index contributed by atoms with van der Waals surface area (Å²) in [6.07, 6.45) is 10.5. The monoisotopic (exact) mass is 252 g/mol. The number of hydrogen-bond donors (Lipinski definition) is 1. The van der Waals surface area contributed by atoms with E-state index in [1.165, 1.54) is 12.0 Å². The van der Waals surface area contributed by atoms with Gasteiger partial charge in [-0.25, -0.2) is 0 Å². The molecule has 0 aliphatic heterocycles. The summed E-state index contributed by atoms with van der Waals surface area (Å²) in [4.78, 5) is 10.7. The van der Waals surface area contributed by atoms with Crippen LogP contribution in [0.15, 0.2) is 24.3 Å². The molecule has 0 amide bonds. The van der Waals surface area contributed by atoms with Gasteiger partial charge in [-0.3, -0.25) is 4.79 Å². The number of carbonyl (C=O) groups is 1. The van der Waals surface area contributed by atoms with Gasteiger partial charge in [0.1, 0.15) is 0 Å². The second-order valence-corrected chi connectivity index (χ2v) is 5.40. The molecule has 18 heavy (non-hydrogen) atoms. The third-order valence-electron chi connectivity index (χ3n) is 3.37. The van der Waals surface area contributed by atoms with E-state index < -0.39 is 5.97 Å². The van der Waals surface area contributed by atoms with Gasteiger partial charge < -0.3 is 5.11 Å². The molecule has 1 N–H and O–H groups in total. The zero-order valence-corrected chi connectivity index (χ0v) is 12.1. The highest BCUT2D eigenvalue weighted by molar-refractivity contribution is 5.69. The molecule has 2 unspecified atom stereocenters. The molecule has 0 spiro atoms. The summed E-state index contributed by atoms with van der Waals surface area (Å²) in [6, 6.07) is 0. The number of allylic oxidation sites excluding steroid dienone is 3. The molecule has 0 radical (unpaired) electrons. The smallest absolute Gasteiger partial charge is 0.306 e. The van der Waals surface area contributed by atoms with Gasteiger partial charge in [-0.1, -0.05) is 44.4 Å². The number of carboxylic acids is 1. The summed E-state index contributed by atoms with van der Waals surface area (Å²) in [5.74, 6) is -0.198. The van der Waals surface area contributed by atoms with Gasteiger partial charge in [-0.05, 0) is 38.5 Å². The Morgan fingerprint density at radius 3 is 2.50 bits per heavy atom. The lowest BCUT2D eigenvalue weighted by atomic mass is 9.95. The number of aliphatic carboxylic acids is 1. The van der Waals surface area contributed by atoms with Crippen molar-refractivity contribution in [3.8, 4) is 0 Å². The largest absolute Gasteiger partial charge is 0.481 e. The maximum absolute atomic E-state index is 10.7. The first-order valence-electron chi connectivity index (χ1n) is 6.96. The van der Waals surface area contributed by atoms with Crippen molar-refractivity contribution in [2.45, 2.75) is 59.3 Å². The standard InChI is InChI=1S/C16H28O2/c1-5-8-13(2)9-6-10-14(3)11-7-12-15(4)16(17)18/h5,9,14-15H,1,6-8,10-12H2,2-4H3,(H,17,18). The summed E-state index contributed by atoms with van der Waals surface area (Å²) >= 11 is 0. The first-order chi connectivity index (χ1) is 8.47. The van der Waals surface area contributed by atoms with E-state index in [4.69, 9.17) is 5.11 Å². The van der Waals surface area contributed by atoms with E-state index in [2.05, 4.69) is 26.5 Å². The van der Waals surface area contributed by atoms with Gasteiger partial charge in [-0.2, -0.15) is 0 Å². The zero-order valence-electron chi connectivity index (χ0n) is 12.1. The van der Waals surface area contributed by atoms with Gasteiger partial charge in [-0.15, -0.1) is 6.58 Å². The number of carboxylic acid groups (broad SMARTS) is 1. The van der Waals surface area contributed by atoms with Crippen molar-refractivity contribution in [3.05, 3.63) is 24.3 Å². The Balaban J connectivity index is 3.66. The second-order valence-electron chi connectivity index (χ2n) is 5.40. The summed E-state index contributed by atoms with van der Waals surface area (Å²) < 4.78 is 0. The number of hydrogen-bond acceptors (Lipinski definition) is 1. The topological polar surface area (TPSA) is 37.3 Å². The molecule has 0 aliphatic carbocycles. The number of rotatable bonds is 10. The van der Waals surface area contributed by atoms with Gasteiger partial charge >= 0.3 is 5.97 Å². The third kappa shape index (κ3) is 9.03. The molecule has 0 bridgehead atoms. The summed E-state index contributed by atoms with van der Waals surface area (Å²) in [5.41, 5.74) is 1.39. The lowest BCUT2D eigenvalue weighted by Crippen LogP contribution is -2.09. The van der Waals surface area contributed by atoms with Crippen molar-refractivity contribution >= 4 is 5.97 Å². The summed E-state index contributed by atoms with van der Waals surface area (Å²) in [6.45, 7) is 9.90. The third-order valence-corrected chi connectivity index (χ3v) is 3.37. The maximum atomic E-state index is 10.7. The van der Waals surface area contributed by atoms with E-state index in [0.29, 0.717) is 5.92 Å². The highest BCUT2D eigenvalue weighted by Crippen LogP contribution is 2.18. The Morgan fingerprint density at radius 2 is 1.94 bits per heavy atom. The van der Waals surface area contributed by atoms with Gasteiger partial charge in [0.25, 0.3) is 0 Å². The molecule has 0 saturated heterocycles. The summed E-state index contributed by atoms with van der Waals surface area (Å²) in [7, 11) is 0. The second kappa shape index (κ2) is 9.93. The van der Waals surface area contributed by atoms with Crippen LogP contribution in [0.3, 0.4) is 0 Å². The van der Waals surface area contributed by atoms with Crippen LogP contribution in [0.25, 0.3) is 0 Å². The van der Waals surface area contributed by atoms with Crippen molar-refractivity contribution in [1.29, 1.82) is 0 Å². The fraction of sp³-hybridized carbons (Fsp3) is 0.688. The Morgan fingerprint density at radius 1 is 1.28 bits per heavy atom. The van der Waals surface area contributed by atoms with Crippen LogP contribution in [0.1, 0.15) is 59.3 Å². The normalized spacial score (nSPS) is 15.2. The quantitative estimate of drug-likeness (QED) is 0.566. The first-order valence-corrected chi connectivity index (χ1v) is 6.96. The molecule has 104 valence electrons. The van der Waals surface area contributed by atoms with Crippen LogP contribution in [0.4, 0.5) is 0 Å². The minimum atomic E-state index is -0.675. The molecule has 0 fully saturated rings. The van der Waals surface area contributed by atoms with Gasteiger partial charge in [0.15, 0.2) is 0 Å². The Labute approximate surface area is 112 Å². The molecule has 0 aromatic carbocycles. The van der Waals surface area contributed by atoms with Crippen molar-refractivity contribution in [2.75, 3.05) is 0 Å². The fourth-order valence-electron chi connectivity index (χ4n) is 1.97. The van der Waals surface area contributed by atoms with E-state index in [1.54, 1.807) is 6.92 Å². The van der Waals surface area contributed by atoms with Crippen LogP contribution < -0.4 is 0 Å². The van der Waals surface area contributed by atoms with Crippen LogP contribution in [-0.4, -0.2) is 11.1 Å². The molecule has 2 heteroatoms. The SMILES string of the molecule is C=CCC(C)=CCCC(C)CCCC(C)C(=O)O. The van der Waals surface area contributed by atoms with E-state index in [9.17, 15) is 4.79 Å². The summed E-state index contributed by atoms with van der Waals surface area (Å²) in [5, 5.41) is 8.78. The average molecular weight is 252 g/mol. The highest BCUT2D eigenvalue weighted by Gasteiger charge is 2.10. The molecule has 0 heterocycles. The van der Waals surface area contributed by atoms with E-state index in [0.717, 1.165) is 32.1 Å². The molecule has 0 aliphatic rings. The molecule has 0 aromatic heterocycles. The van der Waals surface area contributed by atoms with Crippen LogP contribution in [0.5, 0.6) is 0 Å². The van der Waals surface area contributed by atoms with Crippen molar-refractivity contribution < 1.29 is 9.90 Å². The van der Waals surface area contributed by atoms with E-state index in [-0.39, 0.29) is 5.92 Å². The van der Waals surface area contributed by atoms with Crippen LogP contribution in [0.2, 0.25) is 0 Å². The van der Waals surface area contributed by atoms with Crippen LogP contribution in [0, 0.1) is 11.8 Å². The maximum Gasteiger partial charge on any atom is 0.306 e. The minimum absolute atomic E-state index is 0.202. The van der Waals surface area contributed by atoms with Gasteiger partial charge in [0.05, 0.1) is 5.92 Å². The molecule has 0 saturated carbocycles. The van der Waals surface area contributed by atoms with E-state index in [1.807, 2.05) is 6.08 Å². The molecule has 0 aromatic rings. The average Bonchev–Trinajstić information content (AvgIpc) is 2.29. The van der Waals surface area contributed by atoms with Gasteiger partial charge in [0.2, 0.25) is 0 Å².